The van der Waals surface area contributed by atoms with Crippen LogP contribution in [0, 0.1) is 0 Å². The Balaban J connectivity index is 1.51. The van der Waals surface area contributed by atoms with Crippen molar-refractivity contribution in [2.75, 3.05) is 11.9 Å². The van der Waals surface area contributed by atoms with Crippen LogP contribution in [0.3, 0.4) is 0 Å². The number of carbonyl (C=O) groups excluding carboxylic acids is 4. The molecule has 168 valence electrons. The van der Waals surface area contributed by atoms with Gasteiger partial charge in [0.15, 0.2) is 5.78 Å². The van der Waals surface area contributed by atoms with Crippen molar-refractivity contribution < 1.29 is 19.2 Å². The standard InChI is InChI=1S/C22H21N7O4/c1-3-19(31)24-16-9-7-14(8-10-16)18(30)12-28-20(32)22(2,25-21(28)33)15-5-4-6-17(11-15)29-13-23-26-27-29/h4-11,13H,3,12H2,1-2H3,(H,24,31)(H,25,33)/t22-/m0/s1. The van der Waals surface area contributed by atoms with Crippen LogP contribution in [-0.2, 0) is 15.1 Å². The highest BCUT2D eigenvalue weighted by atomic mass is 16.2. The first-order valence-electron chi connectivity index (χ1n) is 10.2. The quantitative estimate of drug-likeness (QED) is 0.415. The van der Waals surface area contributed by atoms with Gasteiger partial charge in [0.1, 0.15) is 11.9 Å². The number of hydrogen-bond acceptors (Lipinski definition) is 7. The van der Waals surface area contributed by atoms with E-state index >= 15 is 0 Å². The van der Waals surface area contributed by atoms with Gasteiger partial charge >= 0.3 is 6.03 Å². The average Bonchev–Trinajstić information content (AvgIpc) is 3.43. The number of nitrogens with one attached hydrogen (secondary N) is 2. The Bertz CT molecular complexity index is 1220. The van der Waals surface area contributed by atoms with E-state index < -0.39 is 29.8 Å². The maximum absolute atomic E-state index is 13.2. The smallest absolute Gasteiger partial charge is 0.325 e. The first kappa shape index (κ1) is 21.8. The maximum atomic E-state index is 13.2. The second-order valence-corrected chi connectivity index (χ2v) is 7.65. The molecular formula is C22H21N7O4. The third kappa shape index (κ3) is 4.20. The van der Waals surface area contributed by atoms with Crippen LogP contribution < -0.4 is 10.6 Å². The minimum absolute atomic E-state index is 0.142. The Labute approximate surface area is 188 Å². The third-order valence-corrected chi connectivity index (χ3v) is 5.43. The van der Waals surface area contributed by atoms with E-state index in [-0.39, 0.29) is 5.91 Å². The van der Waals surface area contributed by atoms with Crippen LogP contribution in [0.5, 0.6) is 0 Å². The van der Waals surface area contributed by atoms with Gasteiger partial charge in [-0.2, -0.15) is 0 Å². The molecule has 1 saturated heterocycles. The second kappa shape index (κ2) is 8.61. The summed E-state index contributed by atoms with van der Waals surface area (Å²) in [5.41, 5.74) is 0.670. The lowest BCUT2D eigenvalue weighted by atomic mass is 9.91. The van der Waals surface area contributed by atoms with Crippen molar-refractivity contribution in [2.24, 2.45) is 0 Å². The van der Waals surface area contributed by atoms with Crippen molar-refractivity contribution in [3.05, 3.63) is 66.0 Å². The second-order valence-electron chi connectivity index (χ2n) is 7.65. The highest BCUT2D eigenvalue weighted by Crippen LogP contribution is 2.30. The van der Waals surface area contributed by atoms with Gasteiger partial charge in [-0.25, -0.2) is 9.48 Å². The molecule has 2 heterocycles. The molecule has 1 aliphatic heterocycles. The first-order chi connectivity index (χ1) is 15.8. The van der Waals surface area contributed by atoms with E-state index in [0.29, 0.717) is 28.9 Å². The van der Waals surface area contributed by atoms with Gasteiger partial charge in [-0.3, -0.25) is 19.3 Å². The highest BCUT2D eigenvalue weighted by molar-refractivity contribution is 6.11. The Morgan fingerprint density at radius 1 is 1.12 bits per heavy atom. The molecule has 1 aromatic heterocycles. The fraction of sp³-hybridized carbons (Fsp3) is 0.227. The largest absolute Gasteiger partial charge is 0.326 e. The van der Waals surface area contributed by atoms with E-state index in [9.17, 15) is 19.2 Å². The average molecular weight is 447 g/mol. The lowest BCUT2D eigenvalue weighted by molar-refractivity contribution is -0.130. The van der Waals surface area contributed by atoms with Crippen molar-refractivity contribution in [3.8, 4) is 5.69 Å². The summed E-state index contributed by atoms with van der Waals surface area (Å²) in [6, 6.07) is 12.5. The minimum atomic E-state index is -1.35. The molecule has 0 radical (unpaired) electrons. The highest BCUT2D eigenvalue weighted by Gasteiger charge is 2.49. The normalized spacial score (nSPS) is 17.7. The van der Waals surface area contributed by atoms with Crippen molar-refractivity contribution in [1.29, 1.82) is 0 Å². The number of benzene rings is 2. The van der Waals surface area contributed by atoms with Crippen molar-refractivity contribution in [1.82, 2.24) is 30.4 Å². The van der Waals surface area contributed by atoms with Gasteiger partial charge in [0.2, 0.25) is 5.91 Å². The summed E-state index contributed by atoms with van der Waals surface area (Å²) in [7, 11) is 0. The molecule has 2 aromatic carbocycles. The number of hydrogen-bond donors (Lipinski definition) is 2. The zero-order valence-corrected chi connectivity index (χ0v) is 18.0. The number of rotatable bonds is 7. The van der Waals surface area contributed by atoms with Gasteiger partial charge in [-0.05, 0) is 59.3 Å². The van der Waals surface area contributed by atoms with Crippen LogP contribution in [0.4, 0.5) is 10.5 Å². The van der Waals surface area contributed by atoms with E-state index in [2.05, 4.69) is 26.2 Å². The summed E-state index contributed by atoms with van der Waals surface area (Å²) in [5, 5.41) is 16.4. The Hall–Kier alpha value is -4.41. The third-order valence-electron chi connectivity index (χ3n) is 5.43. The number of aromatic nitrogens is 4. The molecule has 4 rings (SSSR count). The minimum Gasteiger partial charge on any atom is -0.326 e. The maximum Gasteiger partial charge on any atom is 0.325 e. The molecule has 33 heavy (non-hydrogen) atoms. The van der Waals surface area contributed by atoms with Gasteiger partial charge in [0.25, 0.3) is 5.91 Å². The fourth-order valence-electron chi connectivity index (χ4n) is 3.50. The molecule has 0 saturated carbocycles. The number of urea groups is 1. The molecule has 1 aliphatic rings. The molecule has 11 nitrogen and oxygen atoms in total. The summed E-state index contributed by atoms with van der Waals surface area (Å²) in [4.78, 5) is 51.0. The van der Waals surface area contributed by atoms with Crippen molar-refractivity contribution in [3.63, 3.8) is 0 Å². The van der Waals surface area contributed by atoms with Gasteiger partial charge in [0, 0.05) is 17.7 Å². The topological polar surface area (TPSA) is 139 Å². The molecular weight excluding hydrogens is 426 g/mol. The van der Waals surface area contributed by atoms with Crippen LogP contribution in [0.2, 0.25) is 0 Å². The van der Waals surface area contributed by atoms with E-state index in [1.807, 2.05) is 0 Å². The van der Waals surface area contributed by atoms with E-state index in [1.54, 1.807) is 62.4 Å². The Morgan fingerprint density at radius 2 is 1.88 bits per heavy atom. The molecule has 1 atom stereocenters. The van der Waals surface area contributed by atoms with Crippen molar-refractivity contribution >= 4 is 29.3 Å². The number of carbonyl (C=O) groups is 4. The SMILES string of the molecule is CCC(=O)Nc1ccc(C(=O)CN2C(=O)N[C@@](C)(c3cccc(-n4cnnn4)c3)C2=O)cc1. The summed E-state index contributed by atoms with van der Waals surface area (Å²) in [5.74, 6) is -1.09. The van der Waals surface area contributed by atoms with Crippen LogP contribution in [0.25, 0.3) is 5.69 Å². The molecule has 3 aromatic rings. The van der Waals surface area contributed by atoms with E-state index in [4.69, 9.17) is 0 Å². The molecule has 0 unspecified atom stereocenters. The van der Waals surface area contributed by atoms with Gasteiger partial charge in [-0.1, -0.05) is 19.1 Å². The molecule has 0 spiro atoms. The van der Waals surface area contributed by atoms with Gasteiger partial charge in [-0.15, -0.1) is 5.10 Å². The number of tetrazole rings is 1. The number of ketones is 1. The van der Waals surface area contributed by atoms with Gasteiger partial charge < -0.3 is 10.6 Å². The number of amides is 4. The predicted octanol–water partition coefficient (Wildman–Crippen LogP) is 1.66. The van der Waals surface area contributed by atoms with Crippen LogP contribution in [-0.4, -0.2) is 55.3 Å². The van der Waals surface area contributed by atoms with Crippen molar-refractivity contribution in [2.45, 2.75) is 25.8 Å². The zero-order chi connectivity index (χ0) is 23.6. The summed E-state index contributed by atoms with van der Waals surface area (Å²) in [6.07, 6.45) is 1.75. The summed E-state index contributed by atoms with van der Waals surface area (Å²) in [6.45, 7) is 2.91. The Kier molecular flexibility index (Phi) is 5.69. The summed E-state index contributed by atoms with van der Waals surface area (Å²) < 4.78 is 1.43. The lowest BCUT2D eigenvalue weighted by Crippen LogP contribution is -2.41. The number of Topliss-reactive ketones (excluding diaryl/α,β-unsaturated/α-hetero) is 1. The zero-order valence-electron chi connectivity index (χ0n) is 18.0. The number of imide groups is 1. The molecule has 1 fully saturated rings. The molecule has 2 N–H and O–H groups in total. The molecule has 0 aliphatic carbocycles. The number of anilines is 1. The lowest BCUT2D eigenvalue weighted by Gasteiger charge is -2.22. The Morgan fingerprint density at radius 3 is 2.55 bits per heavy atom. The number of nitrogens with zero attached hydrogens (tertiary/aromatic N) is 5. The van der Waals surface area contributed by atoms with Gasteiger partial charge in [0.05, 0.1) is 12.2 Å². The van der Waals surface area contributed by atoms with Crippen LogP contribution >= 0.6 is 0 Å². The first-order valence-corrected chi connectivity index (χ1v) is 10.2. The van der Waals surface area contributed by atoms with E-state index in [1.165, 1.54) is 11.0 Å². The monoisotopic (exact) mass is 447 g/mol. The predicted molar refractivity (Wildman–Crippen MR) is 116 cm³/mol. The molecule has 0 bridgehead atoms. The fourth-order valence-corrected chi connectivity index (χ4v) is 3.50. The molecule has 11 heteroatoms. The molecule has 4 amide bonds. The van der Waals surface area contributed by atoms with E-state index in [0.717, 1.165) is 4.90 Å². The van der Waals surface area contributed by atoms with Crippen LogP contribution in [0.15, 0.2) is 54.9 Å². The summed E-state index contributed by atoms with van der Waals surface area (Å²) >= 11 is 0. The van der Waals surface area contributed by atoms with Crippen LogP contribution in [0.1, 0.15) is 36.2 Å².